The maximum absolute atomic E-state index is 12.5. The zero-order chi connectivity index (χ0) is 24.9. The third-order valence-electron chi connectivity index (χ3n) is 7.50. The lowest BCUT2D eigenvalue weighted by Crippen LogP contribution is -2.49. The minimum Gasteiger partial charge on any atom is -0.353 e. The van der Waals surface area contributed by atoms with Gasteiger partial charge in [0.2, 0.25) is 5.91 Å². The molecule has 1 saturated heterocycles. The van der Waals surface area contributed by atoms with Gasteiger partial charge in [-0.15, -0.1) is 0 Å². The van der Waals surface area contributed by atoms with Crippen LogP contribution in [0.4, 0.5) is 5.82 Å². The number of rotatable bonds is 7. The Hall–Kier alpha value is -2.12. The first-order valence-electron chi connectivity index (χ1n) is 12.8. The summed E-state index contributed by atoms with van der Waals surface area (Å²) in [6.07, 6.45) is 8.33. The third kappa shape index (κ3) is 6.23. The lowest BCUT2D eigenvalue weighted by Gasteiger charge is -2.40. The van der Waals surface area contributed by atoms with Gasteiger partial charge in [0.05, 0.1) is 14.7 Å². The Bertz CT molecular complexity index is 1220. The molecule has 2 aliphatic rings. The minimum absolute atomic E-state index is 0.0606. The van der Waals surface area contributed by atoms with Crippen molar-refractivity contribution in [3.05, 3.63) is 64.1 Å². The Morgan fingerprint density at radius 1 is 1.03 bits per heavy atom. The van der Waals surface area contributed by atoms with Crippen LogP contribution < -0.4 is 10.2 Å². The fourth-order valence-corrected chi connectivity index (χ4v) is 6.55. The molecule has 36 heavy (non-hydrogen) atoms. The van der Waals surface area contributed by atoms with E-state index < -0.39 is 0 Å². The second-order valence-corrected chi connectivity index (χ2v) is 11.5. The second kappa shape index (κ2) is 12.0. The van der Waals surface area contributed by atoms with Gasteiger partial charge < -0.3 is 10.2 Å². The first-order valence-corrected chi connectivity index (χ1v) is 14.3. The number of amides is 1. The Morgan fingerprint density at radius 2 is 1.81 bits per heavy atom. The minimum atomic E-state index is -0.0606. The van der Waals surface area contributed by atoms with Crippen molar-refractivity contribution < 1.29 is 4.79 Å². The van der Waals surface area contributed by atoms with E-state index in [4.69, 9.17) is 27.6 Å². The summed E-state index contributed by atoms with van der Waals surface area (Å²) in [5, 5.41) is 5.41. The maximum atomic E-state index is 12.5. The first kappa shape index (κ1) is 25.5. The van der Waals surface area contributed by atoms with Crippen molar-refractivity contribution in [1.29, 1.82) is 0 Å². The number of aromatic nitrogens is 1. The lowest BCUT2D eigenvalue weighted by atomic mass is 9.78. The Labute approximate surface area is 227 Å². The average Bonchev–Trinajstić information content (AvgIpc) is 3.33. The van der Waals surface area contributed by atoms with Crippen LogP contribution in [0.1, 0.15) is 31.2 Å². The molecule has 1 aromatic heterocycles. The van der Waals surface area contributed by atoms with Crippen molar-refractivity contribution in [1.82, 2.24) is 14.6 Å². The highest BCUT2D eigenvalue weighted by atomic mass is 35.5. The quantitative estimate of drug-likeness (QED) is 0.353. The van der Waals surface area contributed by atoms with Crippen LogP contribution in [0.2, 0.25) is 10.0 Å². The smallest absolute Gasteiger partial charge is 0.244 e. The lowest BCUT2D eigenvalue weighted by molar-refractivity contribution is -0.116. The van der Waals surface area contributed by atoms with Gasteiger partial charge in [-0.1, -0.05) is 54.2 Å². The van der Waals surface area contributed by atoms with E-state index in [0.717, 1.165) is 50.6 Å². The molecule has 190 valence electrons. The van der Waals surface area contributed by atoms with Gasteiger partial charge in [0.25, 0.3) is 0 Å². The first-order chi connectivity index (χ1) is 17.6. The molecule has 5 rings (SSSR count). The van der Waals surface area contributed by atoms with Gasteiger partial charge >= 0.3 is 0 Å². The molecular formula is C28H32Cl2N4OS. The number of benzene rings is 2. The number of hydrogen-bond donors (Lipinski definition) is 1. The van der Waals surface area contributed by atoms with Crippen molar-refractivity contribution in [2.24, 2.45) is 11.8 Å². The van der Waals surface area contributed by atoms with Gasteiger partial charge in [0, 0.05) is 50.7 Å². The number of hydrogen-bond acceptors (Lipinski definition) is 5. The standard InChI is InChI=1S/C28H32Cl2N4OS/c29-24-11-9-20(17-25(24)30)10-12-27(35)31-18-21-5-1-2-6-22(21)19-33-13-15-34(16-14-33)28-23-7-3-4-8-26(23)36-32-28/h3-4,7-12,17,21-22H,1-2,5-6,13-16,18-19H2,(H,31,35)/t21-,22-/m1/s1. The monoisotopic (exact) mass is 542 g/mol. The van der Waals surface area contributed by atoms with Crippen molar-refractivity contribution in [2.75, 3.05) is 44.2 Å². The van der Waals surface area contributed by atoms with Gasteiger partial charge in [0.15, 0.2) is 0 Å². The number of fused-ring (bicyclic) bond motifs is 1. The molecule has 0 unspecified atom stereocenters. The topological polar surface area (TPSA) is 48.5 Å². The second-order valence-electron chi connectivity index (χ2n) is 9.85. The SMILES string of the molecule is O=C(C=Cc1ccc(Cl)c(Cl)c1)NC[C@H]1CCCC[C@@H]1CN1CCN(c2nsc3ccccc23)CC1. The van der Waals surface area contributed by atoms with Crippen LogP contribution in [0, 0.1) is 11.8 Å². The molecule has 2 fully saturated rings. The van der Waals surface area contributed by atoms with E-state index in [1.54, 1.807) is 35.8 Å². The van der Waals surface area contributed by atoms with Crippen molar-refractivity contribution in [3.63, 3.8) is 0 Å². The van der Waals surface area contributed by atoms with Crippen LogP contribution in [-0.4, -0.2) is 54.4 Å². The summed E-state index contributed by atoms with van der Waals surface area (Å²) < 4.78 is 6.00. The molecule has 0 spiro atoms. The van der Waals surface area contributed by atoms with Gasteiger partial charge in [0.1, 0.15) is 5.82 Å². The van der Waals surface area contributed by atoms with Crippen LogP contribution in [0.25, 0.3) is 16.2 Å². The van der Waals surface area contributed by atoms with Gasteiger partial charge in [-0.3, -0.25) is 9.69 Å². The number of carbonyl (C=O) groups is 1. The molecule has 1 aliphatic heterocycles. The molecule has 0 radical (unpaired) electrons. The zero-order valence-electron chi connectivity index (χ0n) is 20.3. The average molecular weight is 544 g/mol. The third-order valence-corrected chi connectivity index (χ3v) is 9.05. The highest BCUT2D eigenvalue weighted by Crippen LogP contribution is 2.32. The Kier molecular flexibility index (Phi) is 8.47. The van der Waals surface area contributed by atoms with Gasteiger partial charge in [-0.05, 0) is 72.1 Å². The van der Waals surface area contributed by atoms with Crippen LogP contribution in [-0.2, 0) is 4.79 Å². The summed E-state index contributed by atoms with van der Waals surface area (Å²) in [4.78, 5) is 17.5. The molecule has 2 aromatic carbocycles. The largest absolute Gasteiger partial charge is 0.353 e. The molecule has 2 atom stereocenters. The van der Waals surface area contributed by atoms with E-state index in [9.17, 15) is 4.79 Å². The van der Waals surface area contributed by atoms with Gasteiger partial charge in [-0.25, -0.2) is 0 Å². The van der Waals surface area contributed by atoms with Crippen LogP contribution >= 0.6 is 34.7 Å². The van der Waals surface area contributed by atoms with E-state index in [1.165, 1.54) is 35.8 Å². The molecule has 8 heteroatoms. The number of anilines is 1. The fourth-order valence-electron chi connectivity index (χ4n) is 5.45. The molecule has 1 saturated carbocycles. The Balaban J connectivity index is 1.11. The van der Waals surface area contributed by atoms with Crippen molar-refractivity contribution in [2.45, 2.75) is 25.7 Å². The zero-order valence-corrected chi connectivity index (χ0v) is 22.7. The molecule has 1 N–H and O–H groups in total. The highest BCUT2D eigenvalue weighted by Gasteiger charge is 2.29. The van der Waals surface area contributed by atoms with Crippen molar-refractivity contribution in [3.8, 4) is 0 Å². The Morgan fingerprint density at radius 3 is 2.61 bits per heavy atom. The van der Waals surface area contributed by atoms with Crippen molar-refractivity contribution >= 4 is 62.6 Å². The summed E-state index contributed by atoms with van der Waals surface area (Å²) in [6.45, 7) is 6.01. The number of nitrogens with zero attached hydrogens (tertiary/aromatic N) is 3. The van der Waals surface area contributed by atoms with Crippen LogP contribution in [0.3, 0.4) is 0 Å². The van der Waals surface area contributed by atoms with Crippen LogP contribution in [0.5, 0.6) is 0 Å². The summed E-state index contributed by atoms with van der Waals surface area (Å²) in [5.74, 6) is 2.24. The van der Waals surface area contributed by atoms with E-state index in [2.05, 4.69) is 39.4 Å². The van der Waals surface area contributed by atoms with E-state index in [1.807, 2.05) is 6.07 Å². The number of halogens is 2. The molecule has 0 bridgehead atoms. The van der Waals surface area contributed by atoms with Gasteiger partial charge in [-0.2, -0.15) is 4.37 Å². The van der Waals surface area contributed by atoms with Crippen LogP contribution in [0.15, 0.2) is 48.5 Å². The highest BCUT2D eigenvalue weighted by molar-refractivity contribution is 7.13. The number of carbonyl (C=O) groups excluding carboxylic acids is 1. The fraction of sp³-hybridized carbons (Fsp3) is 0.429. The predicted molar refractivity (Wildman–Crippen MR) is 152 cm³/mol. The summed E-state index contributed by atoms with van der Waals surface area (Å²) >= 11 is 13.6. The summed E-state index contributed by atoms with van der Waals surface area (Å²) in [7, 11) is 0. The van der Waals surface area contributed by atoms with E-state index in [0.29, 0.717) is 21.9 Å². The predicted octanol–water partition coefficient (Wildman–Crippen LogP) is 6.36. The number of nitrogens with one attached hydrogen (secondary N) is 1. The van der Waals surface area contributed by atoms with E-state index >= 15 is 0 Å². The molecule has 3 aromatic rings. The molecule has 2 heterocycles. The molecule has 1 aliphatic carbocycles. The summed E-state index contributed by atoms with van der Waals surface area (Å²) in [6, 6.07) is 13.9. The molecular weight excluding hydrogens is 511 g/mol. The normalized spacial score (nSPS) is 21.3. The summed E-state index contributed by atoms with van der Waals surface area (Å²) in [5.41, 5.74) is 0.861. The number of piperazine rings is 1. The molecule has 5 nitrogen and oxygen atoms in total. The van der Waals surface area contributed by atoms with E-state index in [-0.39, 0.29) is 5.91 Å². The maximum Gasteiger partial charge on any atom is 0.244 e. The molecule has 1 amide bonds.